The molecule has 1 amide bonds. The third-order valence-electron chi connectivity index (χ3n) is 4.51. The van der Waals surface area contributed by atoms with Gasteiger partial charge in [-0.05, 0) is 44.0 Å². The highest BCUT2D eigenvalue weighted by molar-refractivity contribution is 6.31. The Bertz CT molecular complexity index is 798. The van der Waals surface area contributed by atoms with Crippen molar-refractivity contribution in [2.75, 3.05) is 20.2 Å². The fourth-order valence-electron chi connectivity index (χ4n) is 3.12. The average molecular weight is 347 g/mol. The standard InChI is InChI=1S/C18H19ClN2O3/c1-11-15(10-13-9-14(19)3-4-16(13)20-11)17(22)21-7-5-12(6-8-21)18(23)24-2/h3-4,9-10,12H,5-8H2,1-2H3. The monoisotopic (exact) mass is 346 g/mol. The molecule has 1 saturated heterocycles. The molecule has 1 aliphatic rings. The van der Waals surface area contributed by atoms with Gasteiger partial charge in [0.2, 0.25) is 0 Å². The van der Waals surface area contributed by atoms with Crippen molar-refractivity contribution in [1.82, 2.24) is 9.88 Å². The number of carbonyl (C=O) groups is 2. The first kappa shape index (κ1) is 16.7. The van der Waals surface area contributed by atoms with E-state index in [0.717, 1.165) is 10.9 Å². The number of likely N-dealkylation sites (tertiary alicyclic amines) is 1. The van der Waals surface area contributed by atoms with E-state index in [9.17, 15) is 9.59 Å². The Labute approximate surface area is 145 Å². The first-order chi connectivity index (χ1) is 11.5. The van der Waals surface area contributed by atoms with Crippen molar-refractivity contribution >= 4 is 34.4 Å². The van der Waals surface area contributed by atoms with Gasteiger partial charge in [-0.3, -0.25) is 14.6 Å². The molecule has 1 fully saturated rings. The minimum absolute atomic E-state index is 0.0507. The lowest BCUT2D eigenvalue weighted by Crippen LogP contribution is -2.40. The first-order valence-corrected chi connectivity index (χ1v) is 8.31. The Hall–Kier alpha value is -2.14. The summed E-state index contributed by atoms with van der Waals surface area (Å²) in [4.78, 5) is 30.7. The quantitative estimate of drug-likeness (QED) is 0.783. The predicted octanol–water partition coefficient (Wildman–Crippen LogP) is 3.22. The van der Waals surface area contributed by atoms with Crippen LogP contribution in [0.25, 0.3) is 10.9 Å². The lowest BCUT2D eigenvalue weighted by molar-refractivity contribution is -0.146. The van der Waals surface area contributed by atoms with Crippen LogP contribution >= 0.6 is 11.6 Å². The summed E-state index contributed by atoms with van der Waals surface area (Å²) in [5.41, 5.74) is 2.10. The van der Waals surface area contributed by atoms with Crippen LogP contribution in [0.15, 0.2) is 24.3 Å². The highest BCUT2D eigenvalue weighted by Crippen LogP contribution is 2.24. The summed E-state index contributed by atoms with van der Waals surface area (Å²) in [6, 6.07) is 7.29. The van der Waals surface area contributed by atoms with E-state index in [2.05, 4.69) is 4.98 Å². The van der Waals surface area contributed by atoms with E-state index in [4.69, 9.17) is 16.3 Å². The van der Waals surface area contributed by atoms with Gasteiger partial charge in [0.05, 0.1) is 29.8 Å². The zero-order chi connectivity index (χ0) is 17.3. The van der Waals surface area contributed by atoms with Gasteiger partial charge in [0.15, 0.2) is 0 Å². The molecule has 1 aromatic heterocycles. The normalized spacial score (nSPS) is 15.5. The van der Waals surface area contributed by atoms with Crippen molar-refractivity contribution in [3.63, 3.8) is 0 Å². The van der Waals surface area contributed by atoms with Crippen molar-refractivity contribution in [2.24, 2.45) is 5.92 Å². The van der Waals surface area contributed by atoms with E-state index >= 15 is 0 Å². The number of carbonyl (C=O) groups excluding carboxylic acids is 2. The third-order valence-corrected chi connectivity index (χ3v) is 4.75. The Morgan fingerprint density at radius 1 is 1.25 bits per heavy atom. The maximum Gasteiger partial charge on any atom is 0.308 e. The topological polar surface area (TPSA) is 59.5 Å². The molecule has 126 valence electrons. The number of hydrogen-bond acceptors (Lipinski definition) is 4. The molecule has 2 heterocycles. The van der Waals surface area contributed by atoms with E-state index in [-0.39, 0.29) is 17.8 Å². The highest BCUT2D eigenvalue weighted by Gasteiger charge is 2.29. The van der Waals surface area contributed by atoms with Crippen LogP contribution in [-0.4, -0.2) is 42.0 Å². The molecule has 5 nitrogen and oxygen atoms in total. The third kappa shape index (κ3) is 3.22. The second-order valence-corrected chi connectivity index (χ2v) is 6.48. The summed E-state index contributed by atoms with van der Waals surface area (Å²) in [5.74, 6) is -0.362. The van der Waals surface area contributed by atoms with Crippen LogP contribution in [0.3, 0.4) is 0 Å². The lowest BCUT2D eigenvalue weighted by Gasteiger charge is -2.31. The largest absolute Gasteiger partial charge is 0.469 e. The van der Waals surface area contributed by atoms with Crippen molar-refractivity contribution in [3.05, 3.63) is 40.5 Å². The fourth-order valence-corrected chi connectivity index (χ4v) is 3.30. The molecule has 0 atom stereocenters. The minimum atomic E-state index is -0.194. The van der Waals surface area contributed by atoms with Crippen LogP contribution in [0.4, 0.5) is 0 Å². The number of halogens is 1. The maximum atomic E-state index is 12.8. The molecule has 0 aliphatic carbocycles. The first-order valence-electron chi connectivity index (χ1n) is 7.93. The summed E-state index contributed by atoms with van der Waals surface area (Å²) in [6.45, 7) is 2.93. The second kappa shape index (κ2) is 6.77. The summed E-state index contributed by atoms with van der Waals surface area (Å²) in [6.07, 6.45) is 1.26. The van der Waals surface area contributed by atoms with E-state index in [1.165, 1.54) is 7.11 Å². The number of hydrogen-bond donors (Lipinski definition) is 0. The van der Waals surface area contributed by atoms with Gasteiger partial charge in [0, 0.05) is 23.5 Å². The molecule has 2 aromatic rings. The van der Waals surface area contributed by atoms with Gasteiger partial charge in [0.25, 0.3) is 5.91 Å². The molecule has 0 saturated carbocycles. The van der Waals surface area contributed by atoms with Gasteiger partial charge in [-0.1, -0.05) is 11.6 Å². The number of piperidine rings is 1. The smallest absolute Gasteiger partial charge is 0.308 e. The van der Waals surface area contributed by atoms with E-state index in [1.54, 1.807) is 11.0 Å². The number of ether oxygens (including phenoxy) is 1. The second-order valence-electron chi connectivity index (χ2n) is 6.05. The number of benzene rings is 1. The predicted molar refractivity (Wildman–Crippen MR) is 92.1 cm³/mol. The van der Waals surface area contributed by atoms with Crippen LogP contribution < -0.4 is 0 Å². The Morgan fingerprint density at radius 2 is 1.96 bits per heavy atom. The lowest BCUT2D eigenvalue weighted by atomic mass is 9.96. The number of aromatic nitrogens is 1. The van der Waals surface area contributed by atoms with Crippen LogP contribution in [0.5, 0.6) is 0 Å². The van der Waals surface area contributed by atoms with Crippen LogP contribution in [0, 0.1) is 12.8 Å². The molecule has 0 spiro atoms. The van der Waals surface area contributed by atoms with Gasteiger partial charge >= 0.3 is 5.97 Å². The molecule has 3 rings (SSSR count). The molecule has 0 radical (unpaired) electrons. The van der Waals surface area contributed by atoms with Gasteiger partial charge in [-0.25, -0.2) is 0 Å². The minimum Gasteiger partial charge on any atom is -0.469 e. The number of methoxy groups -OCH3 is 1. The van der Waals surface area contributed by atoms with Crippen molar-refractivity contribution in [3.8, 4) is 0 Å². The van der Waals surface area contributed by atoms with Gasteiger partial charge in [0.1, 0.15) is 0 Å². The summed E-state index contributed by atoms with van der Waals surface area (Å²) in [5, 5.41) is 1.46. The molecule has 6 heteroatoms. The Balaban J connectivity index is 1.81. The zero-order valence-corrected chi connectivity index (χ0v) is 14.5. The highest BCUT2D eigenvalue weighted by atomic mass is 35.5. The summed E-state index contributed by atoms with van der Waals surface area (Å²) >= 11 is 6.03. The Kier molecular flexibility index (Phi) is 4.71. The summed E-state index contributed by atoms with van der Waals surface area (Å²) < 4.78 is 4.78. The van der Waals surface area contributed by atoms with Crippen molar-refractivity contribution in [1.29, 1.82) is 0 Å². The summed E-state index contributed by atoms with van der Waals surface area (Å²) in [7, 11) is 1.40. The molecule has 0 unspecified atom stereocenters. The molecule has 1 aliphatic heterocycles. The SMILES string of the molecule is COC(=O)C1CCN(C(=O)c2cc3cc(Cl)ccc3nc2C)CC1. The Morgan fingerprint density at radius 3 is 2.62 bits per heavy atom. The van der Waals surface area contributed by atoms with Gasteiger partial charge in [-0.15, -0.1) is 0 Å². The molecule has 1 aromatic carbocycles. The fraction of sp³-hybridized carbons (Fsp3) is 0.389. The zero-order valence-electron chi connectivity index (χ0n) is 13.7. The average Bonchev–Trinajstić information content (AvgIpc) is 2.60. The number of nitrogens with zero attached hydrogens (tertiary/aromatic N) is 2. The molecular weight excluding hydrogens is 328 g/mol. The van der Waals surface area contributed by atoms with Crippen LogP contribution in [0.1, 0.15) is 28.9 Å². The van der Waals surface area contributed by atoms with Crippen molar-refractivity contribution < 1.29 is 14.3 Å². The molecular formula is C18H19ClN2O3. The van der Waals surface area contributed by atoms with Gasteiger partial charge in [-0.2, -0.15) is 0 Å². The molecule has 0 N–H and O–H groups in total. The number of amides is 1. The number of fused-ring (bicyclic) bond motifs is 1. The van der Waals surface area contributed by atoms with Crippen LogP contribution in [-0.2, 0) is 9.53 Å². The number of rotatable bonds is 2. The van der Waals surface area contributed by atoms with E-state index in [0.29, 0.717) is 42.2 Å². The number of pyridine rings is 1. The van der Waals surface area contributed by atoms with E-state index in [1.807, 2.05) is 25.1 Å². The molecule has 24 heavy (non-hydrogen) atoms. The maximum absolute atomic E-state index is 12.8. The molecule has 0 bridgehead atoms. The van der Waals surface area contributed by atoms with E-state index < -0.39 is 0 Å². The number of aryl methyl sites for hydroxylation is 1. The number of esters is 1. The van der Waals surface area contributed by atoms with Crippen LogP contribution in [0.2, 0.25) is 5.02 Å². The van der Waals surface area contributed by atoms with Gasteiger partial charge < -0.3 is 9.64 Å². The van der Waals surface area contributed by atoms with Crippen molar-refractivity contribution in [2.45, 2.75) is 19.8 Å².